The van der Waals surface area contributed by atoms with Gasteiger partial charge in [-0.3, -0.25) is 9.36 Å². The lowest BCUT2D eigenvalue weighted by Gasteiger charge is -2.34. The Bertz CT molecular complexity index is 633. The van der Waals surface area contributed by atoms with Crippen molar-refractivity contribution in [2.75, 3.05) is 0 Å². The van der Waals surface area contributed by atoms with Gasteiger partial charge in [0.1, 0.15) is 5.82 Å². The van der Waals surface area contributed by atoms with Gasteiger partial charge in [-0.1, -0.05) is 50.5 Å². The Morgan fingerprint density at radius 3 is 2.43 bits per heavy atom. The van der Waals surface area contributed by atoms with Gasteiger partial charge in [0.05, 0.1) is 0 Å². The molecule has 1 saturated carbocycles. The Hall–Kier alpha value is -1.90. The second-order valence-corrected chi connectivity index (χ2v) is 6.34. The summed E-state index contributed by atoms with van der Waals surface area (Å²) in [6.45, 7) is 3.93. The molecular weight excluding hydrogens is 260 g/mol. The fourth-order valence-electron chi connectivity index (χ4n) is 3.41. The number of carbonyl (C=O) groups is 1. The number of imidazole rings is 1. The standard InChI is InChI=1S/C18H22N2O/c1-14(21)20-13-12-19-17(20)15-6-8-16(9-7-15)18(2)10-4-3-5-11-18/h6-9,12-13H,3-5,10-11H2,1-2H3. The van der Waals surface area contributed by atoms with Crippen LogP contribution in [0.2, 0.25) is 0 Å². The SMILES string of the molecule is CC(=O)n1ccnc1-c1ccc(C2(C)CCCCC2)cc1. The normalized spacial score (nSPS) is 17.6. The molecule has 3 rings (SSSR count). The molecule has 3 nitrogen and oxygen atoms in total. The summed E-state index contributed by atoms with van der Waals surface area (Å²) in [4.78, 5) is 15.9. The first-order valence-electron chi connectivity index (χ1n) is 7.75. The minimum atomic E-state index is -0.00850. The van der Waals surface area contributed by atoms with Crippen LogP contribution in [0, 0.1) is 0 Å². The third-order valence-corrected chi connectivity index (χ3v) is 4.78. The Labute approximate surface area is 126 Å². The molecule has 0 N–H and O–H groups in total. The number of aromatic nitrogens is 2. The fourth-order valence-corrected chi connectivity index (χ4v) is 3.41. The van der Waals surface area contributed by atoms with E-state index < -0.39 is 0 Å². The van der Waals surface area contributed by atoms with E-state index >= 15 is 0 Å². The summed E-state index contributed by atoms with van der Waals surface area (Å²) in [5.41, 5.74) is 2.72. The van der Waals surface area contributed by atoms with Gasteiger partial charge < -0.3 is 0 Å². The van der Waals surface area contributed by atoms with Gasteiger partial charge in [0.25, 0.3) is 0 Å². The van der Waals surface area contributed by atoms with E-state index in [9.17, 15) is 4.79 Å². The molecule has 1 aliphatic carbocycles. The zero-order valence-electron chi connectivity index (χ0n) is 12.8. The average Bonchev–Trinajstić information content (AvgIpc) is 2.98. The maximum Gasteiger partial charge on any atom is 0.229 e. The van der Waals surface area contributed by atoms with Crippen LogP contribution in [0.25, 0.3) is 11.4 Å². The number of hydrogen-bond donors (Lipinski definition) is 0. The largest absolute Gasteiger partial charge is 0.274 e. The zero-order valence-corrected chi connectivity index (χ0v) is 12.8. The average molecular weight is 282 g/mol. The maximum atomic E-state index is 11.6. The highest BCUT2D eigenvalue weighted by molar-refractivity contribution is 5.80. The molecule has 1 fully saturated rings. The molecule has 110 valence electrons. The van der Waals surface area contributed by atoms with Crippen molar-refractivity contribution in [1.29, 1.82) is 0 Å². The highest BCUT2D eigenvalue weighted by atomic mass is 16.1. The van der Waals surface area contributed by atoms with Crippen LogP contribution in [-0.4, -0.2) is 15.5 Å². The second kappa shape index (κ2) is 5.47. The summed E-state index contributed by atoms with van der Waals surface area (Å²) in [5.74, 6) is 0.716. The summed E-state index contributed by atoms with van der Waals surface area (Å²) in [7, 11) is 0. The summed E-state index contributed by atoms with van der Waals surface area (Å²) < 4.78 is 1.59. The molecule has 0 spiro atoms. The van der Waals surface area contributed by atoms with E-state index in [0.717, 1.165) is 11.4 Å². The van der Waals surface area contributed by atoms with E-state index in [1.165, 1.54) is 37.7 Å². The lowest BCUT2D eigenvalue weighted by Crippen LogP contribution is -2.24. The highest BCUT2D eigenvalue weighted by Crippen LogP contribution is 2.39. The van der Waals surface area contributed by atoms with Crippen LogP contribution in [0.1, 0.15) is 56.3 Å². The number of hydrogen-bond acceptors (Lipinski definition) is 2. The van der Waals surface area contributed by atoms with Crippen molar-refractivity contribution in [2.45, 2.75) is 51.4 Å². The van der Waals surface area contributed by atoms with Crippen molar-refractivity contribution >= 4 is 5.91 Å². The molecule has 1 aromatic heterocycles. The molecule has 0 amide bonds. The van der Waals surface area contributed by atoms with E-state index in [1.807, 2.05) is 0 Å². The summed E-state index contributed by atoms with van der Waals surface area (Å²) >= 11 is 0. The van der Waals surface area contributed by atoms with Crippen LogP contribution in [0.3, 0.4) is 0 Å². The first-order chi connectivity index (χ1) is 10.1. The van der Waals surface area contributed by atoms with Crippen molar-refractivity contribution in [3.8, 4) is 11.4 Å². The van der Waals surface area contributed by atoms with E-state index in [1.54, 1.807) is 23.9 Å². The monoisotopic (exact) mass is 282 g/mol. The van der Waals surface area contributed by atoms with E-state index in [2.05, 4.69) is 36.2 Å². The van der Waals surface area contributed by atoms with Crippen LogP contribution >= 0.6 is 0 Å². The van der Waals surface area contributed by atoms with Gasteiger partial charge in [-0.2, -0.15) is 0 Å². The predicted octanol–water partition coefficient (Wildman–Crippen LogP) is 4.43. The van der Waals surface area contributed by atoms with E-state index in [4.69, 9.17) is 0 Å². The molecule has 0 radical (unpaired) electrons. The van der Waals surface area contributed by atoms with Crippen LogP contribution < -0.4 is 0 Å². The van der Waals surface area contributed by atoms with Crippen LogP contribution in [0.4, 0.5) is 0 Å². The molecule has 2 aromatic rings. The first-order valence-corrected chi connectivity index (χ1v) is 7.75. The molecule has 0 aliphatic heterocycles. The lowest BCUT2D eigenvalue weighted by atomic mass is 9.71. The van der Waals surface area contributed by atoms with Gasteiger partial charge in [-0.05, 0) is 23.8 Å². The molecule has 0 atom stereocenters. The van der Waals surface area contributed by atoms with Crippen LogP contribution in [0.5, 0.6) is 0 Å². The topological polar surface area (TPSA) is 34.9 Å². The molecule has 0 saturated heterocycles. The quantitative estimate of drug-likeness (QED) is 0.816. The fraction of sp³-hybridized carbons (Fsp3) is 0.444. The third kappa shape index (κ3) is 2.65. The van der Waals surface area contributed by atoms with Crippen molar-refractivity contribution in [3.05, 3.63) is 42.2 Å². The van der Waals surface area contributed by atoms with Gasteiger partial charge in [0.2, 0.25) is 5.91 Å². The van der Waals surface area contributed by atoms with E-state index in [0.29, 0.717) is 5.41 Å². The highest BCUT2D eigenvalue weighted by Gasteiger charge is 2.28. The number of carbonyl (C=O) groups excluding carboxylic acids is 1. The Morgan fingerprint density at radius 1 is 1.14 bits per heavy atom. The van der Waals surface area contributed by atoms with Crippen LogP contribution in [-0.2, 0) is 5.41 Å². The molecule has 21 heavy (non-hydrogen) atoms. The first kappa shape index (κ1) is 14.1. The van der Waals surface area contributed by atoms with E-state index in [-0.39, 0.29) is 5.91 Å². The summed E-state index contributed by atoms with van der Waals surface area (Å²) in [6, 6.07) is 8.60. The predicted molar refractivity (Wildman–Crippen MR) is 84.4 cm³/mol. The van der Waals surface area contributed by atoms with Gasteiger partial charge in [0, 0.05) is 24.9 Å². The maximum absolute atomic E-state index is 11.6. The molecule has 1 aliphatic rings. The van der Waals surface area contributed by atoms with Crippen molar-refractivity contribution in [3.63, 3.8) is 0 Å². The van der Waals surface area contributed by atoms with Gasteiger partial charge in [0.15, 0.2) is 0 Å². The molecule has 0 unspecified atom stereocenters. The zero-order chi connectivity index (χ0) is 14.9. The summed E-state index contributed by atoms with van der Waals surface area (Å²) in [6.07, 6.45) is 9.95. The molecule has 1 aromatic carbocycles. The Balaban J connectivity index is 1.90. The molecule has 0 bridgehead atoms. The van der Waals surface area contributed by atoms with Crippen molar-refractivity contribution < 1.29 is 4.79 Å². The Kier molecular flexibility index (Phi) is 3.66. The van der Waals surface area contributed by atoms with Gasteiger partial charge >= 0.3 is 0 Å². The number of rotatable bonds is 2. The minimum absolute atomic E-state index is 0.00850. The smallest absolute Gasteiger partial charge is 0.229 e. The number of nitrogens with zero attached hydrogens (tertiary/aromatic N) is 2. The van der Waals surface area contributed by atoms with Crippen LogP contribution in [0.15, 0.2) is 36.7 Å². The Morgan fingerprint density at radius 2 is 1.81 bits per heavy atom. The lowest BCUT2D eigenvalue weighted by molar-refractivity contribution is 0.0938. The van der Waals surface area contributed by atoms with Gasteiger partial charge in [-0.15, -0.1) is 0 Å². The van der Waals surface area contributed by atoms with Crippen molar-refractivity contribution in [1.82, 2.24) is 9.55 Å². The second-order valence-electron chi connectivity index (χ2n) is 6.34. The van der Waals surface area contributed by atoms with Crippen molar-refractivity contribution in [2.24, 2.45) is 0 Å². The minimum Gasteiger partial charge on any atom is -0.274 e. The molecular formula is C18H22N2O. The summed E-state index contributed by atoms with van der Waals surface area (Å²) in [5, 5.41) is 0. The third-order valence-electron chi connectivity index (χ3n) is 4.78. The molecule has 1 heterocycles. The van der Waals surface area contributed by atoms with Gasteiger partial charge in [-0.25, -0.2) is 4.98 Å². The number of benzene rings is 1. The molecule has 3 heteroatoms.